The van der Waals surface area contributed by atoms with Crippen LogP contribution in [0.25, 0.3) is 0 Å². The lowest BCUT2D eigenvalue weighted by molar-refractivity contribution is -0.385. The predicted octanol–water partition coefficient (Wildman–Crippen LogP) is 2.14. The van der Waals surface area contributed by atoms with Gasteiger partial charge in [-0.1, -0.05) is 13.8 Å². The second kappa shape index (κ2) is 8.47. The Morgan fingerprint density at radius 3 is 2.59 bits per heavy atom. The Kier molecular flexibility index (Phi) is 6.54. The van der Waals surface area contributed by atoms with Crippen LogP contribution < -0.4 is 11.1 Å². The molecule has 0 spiro atoms. The highest BCUT2D eigenvalue weighted by molar-refractivity contribution is 5.98. The highest BCUT2D eigenvalue weighted by atomic mass is 16.6. The number of nitro groups is 1. The lowest BCUT2D eigenvalue weighted by atomic mass is 9.94. The molecule has 1 aliphatic rings. The molecule has 1 aromatic carbocycles. The van der Waals surface area contributed by atoms with Crippen molar-refractivity contribution in [1.29, 1.82) is 0 Å². The van der Waals surface area contributed by atoms with Crippen molar-refractivity contribution < 1.29 is 14.5 Å². The zero-order chi connectivity index (χ0) is 20.2. The van der Waals surface area contributed by atoms with Crippen molar-refractivity contribution in [2.75, 3.05) is 13.1 Å². The van der Waals surface area contributed by atoms with Gasteiger partial charge in [0, 0.05) is 35.8 Å². The van der Waals surface area contributed by atoms with E-state index in [-0.39, 0.29) is 17.5 Å². The third-order valence-electron chi connectivity index (χ3n) is 5.48. The molecule has 0 radical (unpaired) electrons. The first-order chi connectivity index (χ1) is 12.7. The number of carbonyl (C=O) groups is 2. The molecular weight excluding hydrogens is 348 g/mol. The molecule has 0 aliphatic carbocycles. The average molecular weight is 376 g/mol. The smallest absolute Gasteiger partial charge is 0.272 e. The van der Waals surface area contributed by atoms with E-state index in [0.29, 0.717) is 30.6 Å². The van der Waals surface area contributed by atoms with E-state index >= 15 is 0 Å². The second-order valence-corrected chi connectivity index (χ2v) is 7.20. The summed E-state index contributed by atoms with van der Waals surface area (Å²) in [4.78, 5) is 37.5. The molecule has 2 rings (SSSR count). The van der Waals surface area contributed by atoms with Crippen LogP contribution in [0.2, 0.25) is 0 Å². The number of carbonyl (C=O) groups excluding carboxylic acids is 2. The highest BCUT2D eigenvalue weighted by Gasteiger charge is 2.35. The number of amides is 2. The fourth-order valence-corrected chi connectivity index (χ4v) is 3.32. The summed E-state index contributed by atoms with van der Waals surface area (Å²) >= 11 is 0. The van der Waals surface area contributed by atoms with E-state index in [4.69, 9.17) is 5.73 Å². The van der Waals surface area contributed by atoms with E-state index in [0.717, 1.165) is 19.3 Å². The summed E-state index contributed by atoms with van der Waals surface area (Å²) in [5.74, 6) is -0.480. The number of nitro benzene ring substituents is 1. The van der Waals surface area contributed by atoms with Gasteiger partial charge < -0.3 is 16.0 Å². The molecule has 1 aliphatic heterocycles. The first-order valence-electron chi connectivity index (χ1n) is 9.35. The molecule has 1 aromatic rings. The maximum Gasteiger partial charge on any atom is 0.272 e. The summed E-state index contributed by atoms with van der Waals surface area (Å²) in [6, 6.07) is 3.75. The molecule has 0 bridgehead atoms. The van der Waals surface area contributed by atoms with Crippen molar-refractivity contribution in [3.63, 3.8) is 0 Å². The third kappa shape index (κ3) is 4.63. The lowest BCUT2D eigenvalue weighted by Crippen LogP contribution is -2.53. The summed E-state index contributed by atoms with van der Waals surface area (Å²) in [6.45, 7) is 6.42. The fraction of sp³-hybridized carbons (Fsp3) is 0.579. The van der Waals surface area contributed by atoms with Crippen LogP contribution in [0.4, 0.5) is 5.69 Å². The average Bonchev–Trinajstić information content (AvgIpc) is 3.14. The maximum atomic E-state index is 12.9. The van der Waals surface area contributed by atoms with Gasteiger partial charge in [-0.05, 0) is 44.7 Å². The van der Waals surface area contributed by atoms with Gasteiger partial charge in [-0.3, -0.25) is 19.7 Å². The quantitative estimate of drug-likeness (QED) is 0.558. The molecule has 1 heterocycles. The van der Waals surface area contributed by atoms with Gasteiger partial charge in [0.15, 0.2) is 0 Å². The number of benzene rings is 1. The molecule has 1 saturated heterocycles. The van der Waals surface area contributed by atoms with Crippen LogP contribution in [0.5, 0.6) is 0 Å². The Morgan fingerprint density at radius 1 is 1.37 bits per heavy atom. The topological polar surface area (TPSA) is 119 Å². The van der Waals surface area contributed by atoms with E-state index in [1.54, 1.807) is 11.8 Å². The van der Waals surface area contributed by atoms with Gasteiger partial charge in [-0.15, -0.1) is 0 Å². The van der Waals surface area contributed by atoms with E-state index < -0.39 is 16.5 Å². The van der Waals surface area contributed by atoms with Crippen LogP contribution in [0, 0.1) is 17.0 Å². The van der Waals surface area contributed by atoms with Gasteiger partial charge in [0.2, 0.25) is 5.91 Å². The number of nitrogens with two attached hydrogens (primary N) is 1. The molecule has 8 nitrogen and oxygen atoms in total. The van der Waals surface area contributed by atoms with E-state index in [1.165, 1.54) is 18.2 Å². The summed E-state index contributed by atoms with van der Waals surface area (Å²) < 4.78 is 0. The standard InChI is InChI=1S/C19H28N4O4/c1-4-19(20,5-2)12-21-17(24)16-7-6-10-22(16)18(25)14-8-9-15(23(26)27)13(3)11-14/h8-9,11,16H,4-7,10,12,20H2,1-3H3,(H,21,24). The van der Waals surface area contributed by atoms with Crippen LogP contribution in [0.1, 0.15) is 55.5 Å². The lowest BCUT2D eigenvalue weighted by Gasteiger charge is -2.29. The molecule has 8 heteroatoms. The summed E-state index contributed by atoms with van der Waals surface area (Å²) in [5, 5.41) is 13.8. The van der Waals surface area contributed by atoms with Gasteiger partial charge in [-0.25, -0.2) is 0 Å². The van der Waals surface area contributed by atoms with Crippen LogP contribution in [-0.4, -0.2) is 46.3 Å². The first kappa shape index (κ1) is 20.8. The second-order valence-electron chi connectivity index (χ2n) is 7.20. The Morgan fingerprint density at radius 2 is 2.04 bits per heavy atom. The van der Waals surface area contributed by atoms with Crippen LogP contribution in [0.3, 0.4) is 0 Å². The monoisotopic (exact) mass is 376 g/mol. The van der Waals surface area contributed by atoms with Gasteiger partial charge in [-0.2, -0.15) is 0 Å². The van der Waals surface area contributed by atoms with Crippen molar-refractivity contribution in [3.05, 3.63) is 39.4 Å². The molecule has 148 valence electrons. The van der Waals surface area contributed by atoms with Gasteiger partial charge in [0.1, 0.15) is 6.04 Å². The fourth-order valence-electron chi connectivity index (χ4n) is 3.32. The van der Waals surface area contributed by atoms with Crippen LogP contribution >= 0.6 is 0 Å². The number of hydrogen-bond donors (Lipinski definition) is 2. The van der Waals surface area contributed by atoms with Crippen molar-refractivity contribution in [2.45, 2.75) is 58.0 Å². The van der Waals surface area contributed by atoms with Gasteiger partial charge in [0.05, 0.1) is 4.92 Å². The third-order valence-corrected chi connectivity index (χ3v) is 5.48. The molecule has 1 unspecified atom stereocenters. The zero-order valence-electron chi connectivity index (χ0n) is 16.2. The minimum absolute atomic E-state index is 0.0271. The minimum atomic E-state index is -0.536. The summed E-state index contributed by atoms with van der Waals surface area (Å²) in [5.41, 5.74) is 6.54. The Balaban J connectivity index is 2.11. The van der Waals surface area contributed by atoms with Crippen molar-refractivity contribution in [3.8, 4) is 0 Å². The molecule has 0 saturated carbocycles. The molecule has 1 fully saturated rings. The molecule has 0 aromatic heterocycles. The molecular formula is C19H28N4O4. The number of aryl methyl sites for hydroxylation is 1. The Hall–Kier alpha value is -2.48. The largest absolute Gasteiger partial charge is 0.352 e. The summed E-state index contributed by atoms with van der Waals surface area (Å²) in [6.07, 6.45) is 2.84. The van der Waals surface area contributed by atoms with Crippen molar-refractivity contribution >= 4 is 17.5 Å². The van der Waals surface area contributed by atoms with Crippen molar-refractivity contribution in [1.82, 2.24) is 10.2 Å². The SMILES string of the molecule is CCC(N)(CC)CNC(=O)C1CCCN1C(=O)c1ccc([N+](=O)[O-])c(C)c1. The predicted molar refractivity (Wildman–Crippen MR) is 102 cm³/mol. The zero-order valence-corrected chi connectivity index (χ0v) is 16.2. The molecule has 27 heavy (non-hydrogen) atoms. The minimum Gasteiger partial charge on any atom is -0.352 e. The van der Waals surface area contributed by atoms with Gasteiger partial charge in [0.25, 0.3) is 11.6 Å². The molecule has 1 atom stereocenters. The maximum absolute atomic E-state index is 12.9. The summed E-state index contributed by atoms with van der Waals surface area (Å²) in [7, 11) is 0. The normalized spacial score (nSPS) is 17.0. The highest BCUT2D eigenvalue weighted by Crippen LogP contribution is 2.24. The number of nitrogens with one attached hydrogen (secondary N) is 1. The van der Waals surface area contributed by atoms with Crippen LogP contribution in [0.15, 0.2) is 18.2 Å². The van der Waals surface area contributed by atoms with E-state index in [9.17, 15) is 19.7 Å². The number of nitrogens with zero attached hydrogens (tertiary/aromatic N) is 2. The number of likely N-dealkylation sites (tertiary alicyclic amines) is 1. The Labute approximate surface area is 159 Å². The van der Waals surface area contributed by atoms with Crippen molar-refractivity contribution in [2.24, 2.45) is 5.73 Å². The molecule has 2 amide bonds. The number of hydrogen-bond acceptors (Lipinski definition) is 5. The molecule has 3 N–H and O–H groups in total. The van der Waals surface area contributed by atoms with E-state index in [1.807, 2.05) is 13.8 Å². The Bertz CT molecular complexity index is 730. The first-order valence-corrected chi connectivity index (χ1v) is 9.35. The number of rotatable bonds is 7. The van der Waals surface area contributed by atoms with E-state index in [2.05, 4.69) is 5.32 Å². The van der Waals surface area contributed by atoms with Gasteiger partial charge >= 0.3 is 0 Å². The van der Waals surface area contributed by atoms with Crippen LogP contribution in [-0.2, 0) is 4.79 Å².